The topological polar surface area (TPSA) is 58.9 Å². The van der Waals surface area contributed by atoms with Gasteiger partial charge < -0.3 is 15.0 Å². The lowest BCUT2D eigenvalue weighted by atomic mass is 10.1. The second-order valence-electron chi connectivity index (χ2n) is 7.57. The Bertz CT molecular complexity index is 1030. The number of carbonyl (C=O) groups excluding carboxylic acids is 1. The van der Waals surface area contributed by atoms with E-state index < -0.39 is 0 Å². The minimum atomic E-state index is -0.309. The third-order valence-electron chi connectivity index (χ3n) is 5.30. The summed E-state index contributed by atoms with van der Waals surface area (Å²) in [5.41, 5.74) is 2.16. The van der Waals surface area contributed by atoms with Gasteiger partial charge in [-0.15, -0.1) is 0 Å². The molecule has 1 N–H and O–H groups in total. The summed E-state index contributed by atoms with van der Waals surface area (Å²) in [7, 11) is 2.07. The van der Waals surface area contributed by atoms with Gasteiger partial charge in [-0.1, -0.05) is 18.2 Å². The highest BCUT2D eigenvalue weighted by Gasteiger charge is 2.24. The molecule has 0 radical (unpaired) electrons. The number of nitrogens with one attached hydrogen (secondary N) is 1. The van der Waals surface area contributed by atoms with Crippen molar-refractivity contribution in [3.63, 3.8) is 0 Å². The van der Waals surface area contributed by atoms with Crippen LogP contribution in [0.5, 0.6) is 5.75 Å². The standard InChI is InChI=1S/C22H25FN4O2/c1-15-20(22(28)25-17-8-5-11-26(2)13-17)27-12-6-10-19(21(27)24-15)29-14-16-7-3-4-9-18(16)23/h3-4,6-7,9-10,12,17H,5,8,11,13-14H2,1-2H3,(H,25,28)/t17-/m0/s1. The van der Waals surface area contributed by atoms with Gasteiger partial charge in [-0.2, -0.15) is 0 Å². The highest BCUT2D eigenvalue weighted by Crippen LogP contribution is 2.24. The number of piperidine rings is 1. The van der Waals surface area contributed by atoms with Gasteiger partial charge in [-0.25, -0.2) is 9.37 Å². The highest BCUT2D eigenvalue weighted by molar-refractivity contribution is 5.95. The van der Waals surface area contributed by atoms with Crippen molar-refractivity contribution in [2.75, 3.05) is 20.1 Å². The summed E-state index contributed by atoms with van der Waals surface area (Å²) in [4.78, 5) is 19.7. The maximum Gasteiger partial charge on any atom is 0.270 e. The van der Waals surface area contributed by atoms with Crippen LogP contribution in [0.2, 0.25) is 0 Å². The molecule has 29 heavy (non-hydrogen) atoms. The molecule has 1 saturated heterocycles. The molecule has 0 saturated carbocycles. The van der Waals surface area contributed by atoms with E-state index in [9.17, 15) is 9.18 Å². The zero-order valence-electron chi connectivity index (χ0n) is 16.7. The van der Waals surface area contributed by atoms with Gasteiger partial charge >= 0.3 is 0 Å². The molecule has 6 nitrogen and oxygen atoms in total. The SMILES string of the molecule is Cc1nc2c(OCc3ccccc3F)cccn2c1C(=O)N[C@H]1CCCN(C)C1. The Kier molecular flexibility index (Phi) is 5.49. The van der Waals surface area contributed by atoms with Gasteiger partial charge in [0.2, 0.25) is 0 Å². The Morgan fingerprint density at radius 1 is 1.31 bits per heavy atom. The van der Waals surface area contributed by atoms with Crippen LogP contribution in [-0.4, -0.2) is 46.4 Å². The van der Waals surface area contributed by atoms with Crippen molar-refractivity contribution in [2.24, 2.45) is 0 Å². The number of carbonyl (C=O) groups is 1. The average molecular weight is 396 g/mol. The van der Waals surface area contributed by atoms with E-state index in [2.05, 4.69) is 22.2 Å². The van der Waals surface area contributed by atoms with Gasteiger partial charge in [0, 0.05) is 24.3 Å². The van der Waals surface area contributed by atoms with Crippen molar-refractivity contribution in [3.8, 4) is 5.75 Å². The van der Waals surface area contributed by atoms with Crippen LogP contribution in [-0.2, 0) is 6.61 Å². The maximum absolute atomic E-state index is 13.9. The summed E-state index contributed by atoms with van der Waals surface area (Å²) in [6.07, 6.45) is 3.84. The molecule has 1 atom stereocenters. The second-order valence-corrected chi connectivity index (χ2v) is 7.57. The molecule has 7 heteroatoms. The number of hydrogen-bond donors (Lipinski definition) is 1. The van der Waals surface area contributed by atoms with Crippen LogP contribution < -0.4 is 10.1 Å². The van der Waals surface area contributed by atoms with E-state index in [0.29, 0.717) is 28.3 Å². The molecular formula is C22H25FN4O2. The van der Waals surface area contributed by atoms with E-state index in [4.69, 9.17) is 4.74 Å². The van der Waals surface area contributed by atoms with E-state index >= 15 is 0 Å². The Morgan fingerprint density at radius 2 is 2.14 bits per heavy atom. The monoisotopic (exact) mass is 396 g/mol. The summed E-state index contributed by atoms with van der Waals surface area (Å²) in [5, 5.41) is 3.14. The van der Waals surface area contributed by atoms with Crippen LogP contribution in [0.4, 0.5) is 4.39 Å². The Balaban J connectivity index is 1.57. The first-order chi connectivity index (χ1) is 14.0. The molecule has 0 aliphatic carbocycles. The van der Waals surface area contributed by atoms with E-state index in [1.165, 1.54) is 6.07 Å². The summed E-state index contributed by atoms with van der Waals surface area (Å²) < 4.78 is 21.5. The van der Waals surface area contributed by atoms with Crippen molar-refractivity contribution < 1.29 is 13.9 Å². The quantitative estimate of drug-likeness (QED) is 0.720. The van der Waals surface area contributed by atoms with Gasteiger partial charge in [0.05, 0.1) is 5.69 Å². The lowest BCUT2D eigenvalue weighted by molar-refractivity contribution is 0.0906. The summed E-state index contributed by atoms with van der Waals surface area (Å²) in [6, 6.07) is 10.2. The number of aromatic nitrogens is 2. The minimum absolute atomic E-state index is 0.0915. The number of fused-ring (bicyclic) bond motifs is 1. The van der Waals surface area contributed by atoms with Crippen molar-refractivity contribution in [3.05, 3.63) is 65.4 Å². The summed E-state index contributed by atoms with van der Waals surface area (Å²) >= 11 is 0. The maximum atomic E-state index is 13.9. The summed E-state index contributed by atoms with van der Waals surface area (Å²) in [5.74, 6) is 0.0633. The van der Waals surface area contributed by atoms with Gasteiger partial charge in [0.1, 0.15) is 18.1 Å². The fourth-order valence-corrected chi connectivity index (χ4v) is 3.85. The lowest BCUT2D eigenvalue weighted by Crippen LogP contribution is -2.46. The van der Waals surface area contributed by atoms with E-state index in [1.807, 2.05) is 6.92 Å². The lowest BCUT2D eigenvalue weighted by Gasteiger charge is -2.30. The molecule has 0 spiro atoms. The van der Waals surface area contributed by atoms with Crippen LogP contribution in [0.3, 0.4) is 0 Å². The van der Waals surface area contributed by atoms with Crippen molar-refractivity contribution in [1.82, 2.24) is 19.6 Å². The van der Waals surface area contributed by atoms with Crippen molar-refractivity contribution >= 4 is 11.6 Å². The number of rotatable bonds is 5. The van der Waals surface area contributed by atoms with Gasteiger partial charge in [-0.05, 0) is 51.6 Å². The molecule has 1 aliphatic rings. The second kappa shape index (κ2) is 8.21. The van der Waals surface area contributed by atoms with Crippen LogP contribution in [0.25, 0.3) is 5.65 Å². The number of benzene rings is 1. The van der Waals surface area contributed by atoms with Gasteiger partial charge in [0.15, 0.2) is 11.4 Å². The molecule has 3 aromatic rings. The molecule has 0 bridgehead atoms. The zero-order chi connectivity index (χ0) is 20.4. The summed E-state index contributed by atoms with van der Waals surface area (Å²) in [6.45, 7) is 3.81. The van der Waals surface area contributed by atoms with E-state index in [-0.39, 0.29) is 24.4 Å². The number of imidazole rings is 1. The first-order valence-electron chi connectivity index (χ1n) is 9.86. The van der Waals surface area contributed by atoms with Crippen LogP contribution >= 0.6 is 0 Å². The van der Waals surface area contributed by atoms with E-state index in [0.717, 1.165) is 25.9 Å². The van der Waals surface area contributed by atoms with Crippen molar-refractivity contribution in [2.45, 2.75) is 32.4 Å². The minimum Gasteiger partial charge on any atom is -0.485 e. The number of likely N-dealkylation sites (tertiary alicyclic amines) is 1. The Labute approximate surface area is 169 Å². The number of likely N-dealkylation sites (N-methyl/N-ethyl adjacent to an activating group) is 1. The number of halogens is 1. The Morgan fingerprint density at radius 3 is 2.93 bits per heavy atom. The molecule has 2 aromatic heterocycles. The molecule has 1 aliphatic heterocycles. The third-order valence-corrected chi connectivity index (χ3v) is 5.30. The number of hydrogen-bond acceptors (Lipinski definition) is 4. The van der Waals surface area contributed by atoms with Crippen LogP contribution in [0.15, 0.2) is 42.6 Å². The fourth-order valence-electron chi connectivity index (χ4n) is 3.85. The average Bonchev–Trinajstić information content (AvgIpc) is 3.04. The zero-order valence-corrected chi connectivity index (χ0v) is 16.7. The third kappa shape index (κ3) is 4.10. The number of pyridine rings is 1. The predicted molar refractivity (Wildman–Crippen MR) is 109 cm³/mol. The molecule has 1 aromatic carbocycles. The number of ether oxygens (including phenoxy) is 1. The molecule has 1 amide bonds. The molecule has 4 rings (SSSR count). The first kappa shape index (κ1) is 19.4. The number of aryl methyl sites for hydroxylation is 1. The molecule has 1 fully saturated rings. The molecular weight excluding hydrogens is 371 g/mol. The van der Waals surface area contributed by atoms with Crippen molar-refractivity contribution in [1.29, 1.82) is 0 Å². The highest BCUT2D eigenvalue weighted by atomic mass is 19.1. The van der Waals surface area contributed by atoms with Gasteiger partial charge in [-0.3, -0.25) is 9.20 Å². The first-order valence-corrected chi connectivity index (χ1v) is 9.86. The molecule has 152 valence electrons. The molecule has 0 unspecified atom stereocenters. The predicted octanol–water partition coefficient (Wildman–Crippen LogP) is 3.18. The number of nitrogens with zero attached hydrogens (tertiary/aromatic N) is 3. The van der Waals surface area contributed by atoms with Crippen LogP contribution in [0.1, 0.15) is 34.6 Å². The fraction of sp³-hybridized carbons (Fsp3) is 0.364. The Hall–Kier alpha value is -2.93. The largest absolute Gasteiger partial charge is 0.485 e. The normalized spacial score (nSPS) is 17.4. The van der Waals surface area contributed by atoms with Crippen LogP contribution in [0, 0.1) is 12.7 Å². The van der Waals surface area contributed by atoms with Gasteiger partial charge in [0.25, 0.3) is 5.91 Å². The van der Waals surface area contributed by atoms with E-state index in [1.54, 1.807) is 40.9 Å². The number of amides is 1. The smallest absolute Gasteiger partial charge is 0.270 e. The molecule has 3 heterocycles.